The molecule has 0 fully saturated rings. The summed E-state index contributed by atoms with van der Waals surface area (Å²) in [5.74, 6) is 1.36. The van der Waals surface area contributed by atoms with Gasteiger partial charge in [0, 0.05) is 24.7 Å². The molecule has 0 saturated heterocycles. The zero-order chi connectivity index (χ0) is 16.4. The number of hydrogen-bond donors (Lipinski definition) is 0. The number of fused-ring (bicyclic) bond motifs is 1. The van der Waals surface area contributed by atoms with Crippen LogP contribution < -0.4 is 9.47 Å². The highest BCUT2D eigenvalue weighted by Gasteiger charge is 2.25. The average Bonchev–Trinajstić information content (AvgIpc) is 2.76. The van der Waals surface area contributed by atoms with Gasteiger partial charge in [0.2, 0.25) is 5.88 Å². The number of carbonyl (C=O) groups excluding carboxylic acids is 1. The average molecular weight is 315 g/mol. The molecule has 0 aliphatic carbocycles. The van der Waals surface area contributed by atoms with Gasteiger partial charge in [-0.05, 0) is 31.0 Å². The van der Waals surface area contributed by atoms with Crippen LogP contribution in [0, 0.1) is 0 Å². The zero-order valence-corrected chi connectivity index (χ0v) is 13.7. The van der Waals surface area contributed by atoms with Gasteiger partial charge in [-0.25, -0.2) is 0 Å². The molecule has 6 nitrogen and oxygen atoms in total. The van der Waals surface area contributed by atoms with Crippen molar-refractivity contribution in [1.29, 1.82) is 0 Å². The van der Waals surface area contributed by atoms with E-state index in [-0.39, 0.29) is 5.91 Å². The first-order valence-electron chi connectivity index (χ1n) is 7.66. The van der Waals surface area contributed by atoms with Crippen molar-refractivity contribution >= 4 is 5.91 Å². The van der Waals surface area contributed by atoms with Crippen molar-refractivity contribution in [3.8, 4) is 11.6 Å². The summed E-state index contributed by atoms with van der Waals surface area (Å²) in [4.78, 5) is 14.7. The monoisotopic (exact) mass is 315 g/mol. The van der Waals surface area contributed by atoms with Gasteiger partial charge in [-0.1, -0.05) is 6.07 Å². The Kier molecular flexibility index (Phi) is 4.23. The minimum atomic E-state index is 0.0110. The Labute approximate surface area is 135 Å². The molecular weight excluding hydrogens is 294 g/mol. The van der Waals surface area contributed by atoms with Crippen molar-refractivity contribution in [1.82, 2.24) is 14.7 Å². The van der Waals surface area contributed by atoms with Gasteiger partial charge >= 0.3 is 0 Å². The number of aryl methyl sites for hydroxylation is 1. The van der Waals surface area contributed by atoms with Crippen LogP contribution in [0.1, 0.15) is 28.0 Å². The fraction of sp³-hybridized carbons (Fsp3) is 0.412. The normalized spacial score (nSPS) is 14.1. The largest absolute Gasteiger partial charge is 0.497 e. The Hall–Kier alpha value is -2.50. The first-order chi connectivity index (χ1) is 11.1. The molecule has 0 unspecified atom stereocenters. The van der Waals surface area contributed by atoms with Crippen LogP contribution in [0.25, 0.3) is 0 Å². The van der Waals surface area contributed by atoms with Crippen molar-refractivity contribution < 1.29 is 14.3 Å². The first-order valence-corrected chi connectivity index (χ1v) is 7.66. The smallest absolute Gasteiger partial charge is 0.254 e. The maximum absolute atomic E-state index is 12.8. The second kappa shape index (κ2) is 6.32. The van der Waals surface area contributed by atoms with Gasteiger partial charge in [-0.2, -0.15) is 0 Å². The molecule has 0 spiro atoms. The molecule has 6 heteroatoms. The molecule has 1 aliphatic heterocycles. The molecular formula is C17H21N3O3. The standard InChI is InChI=1S/C17H21N3O3/c1-19-15-11-20(9-5-8-14(15)16(18-19)23-3)17(21)12-6-4-7-13(10-12)22-2/h4,6-7,10H,5,8-9,11H2,1-3H3. The summed E-state index contributed by atoms with van der Waals surface area (Å²) in [5.41, 5.74) is 2.79. The van der Waals surface area contributed by atoms with Crippen molar-refractivity contribution in [3.63, 3.8) is 0 Å². The van der Waals surface area contributed by atoms with Gasteiger partial charge in [0.25, 0.3) is 5.91 Å². The van der Waals surface area contributed by atoms with Gasteiger partial charge in [0.15, 0.2) is 0 Å². The lowest BCUT2D eigenvalue weighted by atomic mass is 10.1. The number of rotatable bonds is 3. The number of methoxy groups -OCH3 is 2. The van der Waals surface area contributed by atoms with Crippen LogP contribution in [0.4, 0.5) is 0 Å². The van der Waals surface area contributed by atoms with Crippen LogP contribution in [0.15, 0.2) is 24.3 Å². The quantitative estimate of drug-likeness (QED) is 0.869. The molecule has 0 bridgehead atoms. The highest BCUT2D eigenvalue weighted by atomic mass is 16.5. The third kappa shape index (κ3) is 2.88. The Morgan fingerprint density at radius 2 is 2.09 bits per heavy atom. The molecule has 0 saturated carbocycles. The Morgan fingerprint density at radius 3 is 2.83 bits per heavy atom. The van der Waals surface area contributed by atoms with Crippen LogP contribution in [0.3, 0.4) is 0 Å². The van der Waals surface area contributed by atoms with Crippen LogP contribution in [-0.4, -0.2) is 41.4 Å². The molecule has 1 aromatic carbocycles. The van der Waals surface area contributed by atoms with Crippen LogP contribution in [0.2, 0.25) is 0 Å². The Morgan fingerprint density at radius 1 is 1.26 bits per heavy atom. The van der Waals surface area contributed by atoms with Gasteiger partial charge in [-0.15, -0.1) is 5.10 Å². The summed E-state index contributed by atoms with van der Waals surface area (Å²) in [5, 5.41) is 4.38. The Bertz CT molecular complexity index is 724. The molecule has 23 heavy (non-hydrogen) atoms. The maximum Gasteiger partial charge on any atom is 0.254 e. The number of benzene rings is 1. The van der Waals surface area contributed by atoms with E-state index in [0.29, 0.717) is 30.3 Å². The third-order valence-corrected chi connectivity index (χ3v) is 4.23. The molecule has 0 atom stereocenters. The van der Waals surface area contributed by atoms with Gasteiger partial charge in [0.05, 0.1) is 26.5 Å². The van der Waals surface area contributed by atoms with E-state index in [1.807, 2.05) is 34.8 Å². The van der Waals surface area contributed by atoms with E-state index in [4.69, 9.17) is 9.47 Å². The van der Waals surface area contributed by atoms with Crippen molar-refractivity contribution in [2.24, 2.45) is 7.05 Å². The number of aromatic nitrogens is 2. The number of amides is 1. The predicted molar refractivity (Wildman–Crippen MR) is 85.8 cm³/mol. The van der Waals surface area contributed by atoms with E-state index in [0.717, 1.165) is 24.1 Å². The Balaban J connectivity index is 1.88. The first kappa shape index (κ1) is 15.4. The van der Waals surface area contributed by atoms with Gasteiger partial charge in [-0.3, -0.25) is 9.48 Å². The van der Waals surface area contributed by atoms with E-state index in [9.17, 15) is 4.79 Å². The highest BCUT2D eigenvalue weighted by Crippen LogP contribution is 2.27. The van der Waals surface area contributed by atoms with E-state index < -0.39 is 0 Å². The fourth-order valence-electron chi connectivity index (χ4n) is 3.01. The lowest BCUT2D eigenvalue weighted by molar-refractivity contribution is 0.0742. The fourth-order valence-corrected chi connectivity index (χ4v) is 3.01. The lowest BCUT2D eigenvalue weighted by Gasteiger charge is -2.21. The summed E-state index contributed by atoms with van der Waals surface area (Å²) in [7, 11) is 5.12. The molecule has 0 N–H and O–H groups in total. The second-order valence-corrected chi connectivity index (χ2v) is 5.62. The van der Waals surface area contributed by atoms with Crippen molar-refractivity contribution in [3.05, 3.63) is 41.1 Å². The van der Waals surface area contributed by atoms with Gasteiger partial charge in [0.1, 0.15) is 5.75 Å². The summed E-state index contributed by atoms with van der Waals surface area (Å²) in [6, 6.07) is 7.27. The minimum Gasteiger partial charge on any atom is -0.497 e. The molecule has 1 aliphatic rings. The number of nitrogens with zero attached hydrogens (tertiary/aromatic N) is 3. The number of ether oxygens (including phenoxy) is 2. The van der Waals surface area contributed by atoms with E-state index in [1.165, 1.54) is 0 Å². The number of carbonyl (C=O) groups is 1. The summed E-state index contributed by atoms with van der Waals surface area (Å²) in [6.45, 7) is 1.26. The van der Waals surface area contributed by atoms with Gasteiger partial charge < -0.3 is 14.4 Å². The lowest BCUT2D eigenvalue weighted by Crippen LogP contribution is -2.31. The molecule has 0 radical (unpaired) electrons. The zero-order valence-electron chi connectivity index (χ0n) is 13.7. The van der Waals surface area contributed by atoms with Crippen LogP contribution >= 0.6 is 0 Å². The highest BCUT2D eigenvalue weighted by molar-refractivity contribution is 5.94. The van der Waals surface area contributed by atoms with Crippen molar-refractivity contribution in [2.75, 3.05) is 20.8 Å². The van der Waals surface area contributed by atoms with E-state index >= 15 is 0 Å². The third-order valence-electron chi connectivity index (χ3n) is 4.23. The predicted octanol–water partition coefficient (Wildman–Crippen LogP) is 2.03. The van der Waals surface area contributed by atoms with E-state index in [2.05, 4.69) is 5.10 Å². The summed E-state index contributed by atoms with van der Waals surface area (Å²) in [6.07, 6.45) is 1.76. The SMILES string of the molecule is COc1cccc(C(=O)N2CCCc3c(OC)nn(C)c3C2)c1. The molecule has 1 aromatic heterocycles. The topological polar surface area (TPSA) is 56.6 Å². The molecule has 2 aromatic rings. The van der Waals surface area contributed by atoms with Crippen LogP contribution in [-0.2, 0) is 20.0 Å². The minimum absolute atomic E-state index is 0.0110. The maximum atomic E-state index is 12.8. The number of hydrogen-bond acceptors (Lipinski definition) is 4. The molecule has 1 amide bonds. The summed E-state index contributed by atoms with van der Waals surface area (Å²) >= 11 is 0. The molecule has 3 rings (SSSR count). The molecule has 122 valence electrons. The van der Waals surface area contributed by atoms with E-state index in [1.54, 1.807) is 20.3 Å². The van der Waals surface area contributed by atoms with Crippen molar-refractivity contribution in [2.45, 2.75) is 19.4 Å². The summed E-state index contributed by atoms with van der Waals surface area (Å²) < 4.78 is 12.4. The molecule has 2 heterocycles. The van der Waals surface area contributed by atoms with Crippen LogP contribution in [0.5, 0.6) is 11.6 Å². The second-order valence-electron chi connectivity index (χ2n) is 5.62.